The molecule has 202 valence electrons. The number of nitrogens with zero attached hydrogens (tertiary/aromatic N) is 4. The Kier molecular flexibility index (Phi) is 7.06. The zero-order chi connectivity index (χ0) is 27.2. The molecule has 0 saturated heterocycles. The summed E-state index contributed by atoms with van der Waals surface area (Å²) >= 11 is 0. The van der Waals surface area contributed by atoms with Gasteiger partial charge in [-0.2, -0.15) is 17.2 Å². The molecule has 41 heavy (non-hydrogen) atoms. The van der Waals surface area contributed by atoms with Gasteiger partial charge in [0.2, 0.25) is 0 Å². The molecule has 3 aromatic heterocycles. The average Bonchev–Trinajstić information content (AvgIpc) is 3.46. The van der Waals surface area contributed by atoms with Crippen LogP contribution >= 0.6 is 0 Å². The minimum absolute atomic E-state index is 0. The maximum Gasteiger partial charge on any atom is 2.00 e. The molecule has 6 heteroatoms. The van der Waals surface area contributed by atoms with Crippen molar-refractivity contribution in [1.29, 1.82) is 0 Å². The molecule has 7 rings (SSSR count). The molecule has 0 aliphatic carbocycles. The molecule has 0 aliphatic heterocycles. The molecule has 0 radical (unpaired) electrons. The second-order valence-electron chi connectivity index (χ2n) is 9.95. The van der Waals surface area contributed by atoms with Crippen molar-refractivity contribution in [3.63, 3.8) is 0 Å². The van der Waals surface area contributed by atoms with Crippen molar-refractivity contribution in [3.8, 4) is 34.1 Å². The Morgan fingerprint density at radius 2 is 1.51 bits per heavy atom. The van der Waals surface area contributed by atoms with E-state index in [9.17, 15) is 0 Å². The normalized spacial score (nSPS) is 11.1. The molecule has 0 N–H and O–H groups in total. The number of ether oxygens (including phenoxy) is 1. The summed E-state index contributed by atoms with van der Waals surface area (Å²) in [6.07, 6.45) is 1.84. The molecule has 0 saturated carbocycles. The fourth-order valence-corrected chi connectivity index (χ4v) is 5.45. The van der Waals surface area contributed by atoms with Crippen LogP contribution in [0.4, 0.5) is 0 Å². The molecule has 0 fully saturated rings. The molecule has 0 spiro atoms. The van der Waals surface area contributed by atoms with Crippen LogP contribution in [0.1, 0.15) is 17.0 Å². The Balaban J connectivity index is 0.00000302. The zero-order valence-corrected chi connectivity index (χ0v) is 25.1. The monoisotopic (exact) mass is 713 g/mol. The summed E-state index contributed by atoms with van der Waals surface area (Å²) < 4.78 is 10.4. The van der Waals surface area contributed by atoms with Crippen LogP contribution in [0.5, 0.6) is 11.5 Å². The van der Waals surface area contributed by atoms with Crippen LogP contribution in [0.15, 0.2) is 103 Å². The minimum Gasteiger partial charge on any atom is -0.509 e. The van der Waals surface area contributed by atoms with Crippen molar-refractivity contribution in [1.82, 2.24) is 19.3 Å². The van der Waals surface area contributed by atoms with Crippen LogP contribution in [0, 0.1) is 32.9 Å². The SMILES string of the molecule is Cc1ccnc(-n2c3[c-]c(Oc4[c-]c(-n5nc(C)c(-c6ccccc6)c5C)ccc4)ccc3c3ccccc32)c1.[Pt+2]. The smallest absolute Gasteiger partial charge is 0.509 e. The van der Waals surface area contributed by atoms with Gasteiger partial charge in [-0.15, -0.1) is 35.7 Å². The number of fused-ring (bicyclic) bond motifs is 3. The first kappa shape index (κ1) is 26.7. The number of benzene rings is 4. The summed E-state index contributed by atoms with van der Waals surface area (Å²) in [6, 6.07) is 39.6. The quantitative estimate of drug-likeness (QED) is 0.169. The average molecular weight is 714 g/mol. The van der Waals surface area contributed by atoms with E-state index in [0.29, 0.717) is 11.5 Å². The maximum absolute atomic E-state index is 6.33. The number of pyridine rings is 1. The Labute approximate surface area is 253 Å². The first-order valence-electron chi connectivity index (χ1n) is 13.3. The minimum atomic E-state index is 0. The number of aromatic nitrogens is 4. The van der Waals surface area contributed by atoms with Gasteiger partial charge in [0, 0.05) is 34.5 Å². The van der Waals surface area contributed by atoms with Crippen LogP contribution in [-0.2, 0) is 21.1 Å². The number of hydrogen-bond acceptors (Lipinski definition) is 3. The molecular weight excluding hydrogens is 687 g/mol. The number of aryl methyl sites for hydroxylation is 2. The molecule has 5 nitrogen and oxygen atoms in total. The summed E-state index contributed by atoms with van der Waals surface area (Å²) in [7, 11) is 0. The molecule has 0 atom stereocenters. The largest absolute Gasteiger partial charge is 2.00 e. The van der Waals surface area contributed by atoms with Gasteiger partial charge in [-0.25, -0.2) is 4.98 Å². The fourth-order valence-electron chi connectivity index (χ4n) is 5.45. The predicted octanol–water partition coefficient (Wildman–Crippen LogP) is 8.35. The second kappa shape index (κ2) is 10.8. The standard InChI is InChI=1S/C35H26N4O.Pt/c1-23-18-19-36-34(20-23)38-32-15-8-7-14-30(32)31-17-16-29(22-33(31)38)40-28-13-9-12-27(21-28)39-25(3)35(24(2)37-39)26-10-5-4-6-11-26;/h4-20H,1-3H3;/q-2;+2. The molecule has 4 aromatic carbocycles. The Hall–Kier alpha value is -4.47. The van der Waals surface area contributed by atoms with E-state index in [2.05, 4.69) is 78.0 Å². The predicted molar refractivity (Wildman–Crippen MR) is 160 cm³/mol. The summed E-state index contributed by atoms with van der Waals surface area (Å²) in [6.45, 7) is 6.20. The Morgan fingerprint density at radius 3 is 2.34 bits per heavy atom. The van der Waals surface area contributed by atoms with Gasteiger partial charge in [-0.3, -0.25) is 4.68 Å². The topological polar surface area (TPSA) is 44.9 Å². The summed E-state index contributed by atoms with van der Waals surface area (Å²) in [4.78, 5) is 4.67. The van der Waals surface area contributed by atoms with E-state index in [1.54, 1.807) is 0 Å². The zero-order valence-electron chi connectivity index (χ0n) is 22.8. The maximum atomic E-state index is 6.33. The van der Waals surface area contributed by atoms with Gasteiger partial charge in [-0.1, -0.05) is 54.0 Å². The van der Waals surface area contributed by atoms with Gasteiger partial charge in [-0.05, 0) is 61.2 Å². The van der Waals surface area contributed by atoms with Crippen molar-refractivity contribution in [2.45, 2.75) is 20.8 Å². The van der Waals surface area contributed by atoms with Crippen LogP contribution in [0.3, 0.4) is 0 Å². The molecule has 3 heterocycles. The second-order valence-corrected chi connectivity index (χ2v) is 9.95. The number of rotatable bonds is 5. The van der Waals surface area contributed by atoms with Gasteiger partial charge in [0.15, 0.2) is 0 Å². The van der Waals surface area contributed by atoms with Gasteiger partial charge in [0.1, 0.15) is 5.82 Å². The van der Waals surface area contributed by atoms with Crippen LogP contribution in [0.25, 0.3) is 44.4 Å². The van der Waals surface area contributed by atoms with E-state index in [-0.39, 0.29) is 21.1 Å². The third kappa shape index (κ3) is 4.77. The van der Waals surface area contributed by atoms with Crippen molar-refractivity contribution in [3.05, 3.63) is 132 Å². The molecule has 7 aromatic rings. The van der Waals surface area contributed by atoms with E-state index < -0.39 is 0 Å². The van der Waals surface area contributed by atoms with Crippen LogP contribution in [0.2, 0.25) is 0 Å². The molecule has 0 unspecified atom stereocenters. The number of hydrogen-bond donors (Lipinski definition) is 0. The first-order valence-corrected chi connectivity index (χ1v) is 13.3. The first-order chi connectivity index (χ1) is 19.6. The third-order valence-electron chi connectivity index (χ3n) is 7.24. The van der Waals surface area contributed by atoms with Crippen molar-refractivity contribution in [2.75, 3.05) is 0 Å². The summed E-state index contributed by atoms with van der Waals surface area (Å²) in [5.41, 5.74) is 8.28. The van der Waals surface area contributed by atoms with Gasteiger partial charge < -0.3 is 9.30 Å². The number of para-hydroxylation sites is 1. The van der Waals surface area contributed by atoms with Crippen molar-refractivity contribution < 1.29 is 25.8 Å². The van der Waals surface area contributed by atoms with Crippen LogP contribution < -0.4 is 4.74 Å². The molecule has 0 aliphatic rings. The van der Waals surface area contributed by atoms with Gasteiger partial charge in [0.25, 0.3) is 0 Å². The fraction of sp³-hybridized carbons (Fsp3) is 0.0857. The Bertz CT molecular complexity index is 2020. The van der Waals surface area contributed by atoms with E-state index in [1.165, 1.54) is 0 Å². The Morgan fingerprint density at radius 1 is 0.732 bits per heavy atom. The van der Waals surface area contributed by atoms with Crippen molar-refractivity contribution >= 4 is 21.8 Å². The molecular formula is C35H26N4OPt. The van der Waals surface area contributed by atoms with E-state index in [1.807, 2.05) is 72.4 Å². The van der Waals surface area contributed by atoms with E-state index in [4.69, 9.17) is 9.84 Å². The summed E-state index contributed by atoms with van der Waals surface area (Å²) in [5, 5.41) is 7.08. The molecule has 0 bridgehead atoms. The van der Waals surface area contributed by atoms with Gasteiger partial charge >= 0.3 is 21.1 Å². The van der Waals surface area contributed by atoms with E-state index >= 15 is 0 Å². The molecule has 0 amide bonds. The summed E-state index contributed by atoms with van der Waals surface area (Å²) in [5.74, 6) is 2.06. The third-order valence-corrected chi connectivity index (χ3v) is 7.24. The van der Waals surface area contributed by atoms with Crippen LogP contribution in [-0.4, -0.2) is 19.3 Å². The van der Waals surface area contributed by atoms with E-state index in [0.717, 1.165) is 61.4 Å². The van der Waals surface area contributed by atoms with Gasteiger partial charge in [0.05, 0.1) is 5.69 Å². The van der Waals surface area contributed by atoms with Crippen molar-refractivity contribution in [2.24, 2.45) is 0 Å².